The molecular formula is C22H22N2O2S. The molecule has 0 radical (unpaired) electrons. The third kappa shape index (κ3) is 3.74. The van der Waals surface area contributed by atoms with E-state index in [1.807, 2.05) is 56.3 Å². The van der Waals surface area contributed by atoms with E-state index in [4.69, 9.17) is 0 Å². The predicted octanol–water partition coefficient (Wildman–Crippen LogP) is 5.05. The Hall–Kier alpha value is -2.66. The zero-order valence-corrected chi connectivity index (χ0v) is 16.2. The van der Waals surface area contributed by atoms with Crippen LogP contribution in [0.15, 0.2) is 48.5 Å². The molecule has 2 amide bonds. The highest BCUT2D eigenvalue weighted by Gasteiger charge is 2.29. The highest BCUT2D eigenvalue weighted by molar-refractivity contribution is 7.21. The monoisotopic (exact) mass is 378 g/mol. The van der Waals surface area contributed by atoms with E-state index in [1.54, 1.807) is 0 Å². The Morgan fingerprint density at radius 3 is 2.44 bits per heavy atom. The molecule has 3 aromatic rings. The Kier molecular flexibility index (Phi) is 4.70. The molecule has 1 fully saturated rings. The molecule has 4 nitrogen and oxygen atoms in total. The smallest absolute Gasteiger partial charge is 0.262 e. The molecule has 1 unspecified atom stereocenters. The van der Waals surface area contributed by atoms with Crippen LogP contribution < -0.4 is 10.6 Å². The maximum atomic E-state index is 12.8. The second-order valence-corrected chi connectivity index (χ2v) is 8.19. The van der Waals surface area contributed by atoms with Gasteiger partial charge in [-0.3, -0.25) is 9.59 Å². The lowest BCUT2D eigenvalue weighted by molar-refractivity contribution is -0.117. The van der Waals surface area contributed by atoms with Gasteiger partial charge in [0.15, 0.2) is 0 Å². The van der Waals surface area contributed by atoms with E-state index >= 15 is 0 Å². The maximum Gasteiger partial charge on any atom is 0.262 e. The third-order valence-corrected chi connectivity index (χ3v) is 6.30. The van der Waals surface area contributed by atoms with Gasteiger partial charge in [-0.25, -0.2) is 0 Å². The first-order valence-corrected chi connectivity index (χ1v) is 10.0. The molecule has 4 rings (SSSR count). The molecule has 0 aliphatic heterocycles. The number of anilines is 1. The van der Waals surface area contributed by atoms with Crippen molar-refractivity contribution < 1.29 is 9.59 Å². The predicted molar refractivity (Wildman–Crippen MR) is 110 cm³/mol. The van der Waals surface area contributed by atoms with Crippen molar-refractivity contribution in [3.05, 3.63) is 64.5 Å². The molecule has 1 aliphatic rings. The van der Waals surface area contributed by atoms with E-state index in [-0.39, 0.29) is 23.8 Å². The Bertz CT molecular complexity index is 1000. The van der Waals surface area contributed by atoms with E-state index in [9.17, 15) is 9.59 Å². The molecule has 1 aromatic heterocycles. The molecule has 27 heavy (non-hydrogen) atoms. The van der Waals surface area contributed by atoms with E-state index in [1.165, 1.54) is 11.3 Å². The number of hydrogen-bond donors (Lipinski definition) is 2. The van der Waals surface area contributed by atoms with Crippen LogP contribution in [0.1, 0.15) is 46.6 Å². The van der Waals surface area contributed by atoms with Crippen molar-refractivity contribution in [3.8, 4) is 0 Å². The Balaban J connectivity index is 1.44. The van der Waals surface area contributed by atoms with Gasteiger partial charge in [0.05, 0.1) is 10.9 Å². The van der Waals surface area contributed by atoms with Gasteiger partial charge in [-0.2, -0.15) is 0 Å². The lowest BCUT2D eigenvalue weighted by Gasteiger charge is -2.15. The number of carbonyl (C=O) groups excluding carboxylic acids is 2. The molecule has 138 valence electrons. The largest absolute Gasteiger partial charge is 0.345 e. The van der Waals surface area contributed by atoms with Gasteiger partial charge in [0.1, 0.15) is 0 Å². The second-order valence-electron chi connectivity index (χ2n) is 7.13. The number of hydrogen-bond acceptors (Lipinski definition) is 3. The molecule has 0 saturated heterocycles. The number of rotatable bonds is 5. The highest BCUT2D eigenvalue weighted by atomic mass is 32.1. The molecule has 1 atom stereocenters. The number of fused-ring (bicyclic) bond motifs is 1. The van der Waals surface area contributed by atoms with Gasteiger partial charge in [-0.15, -0.1) is 11.3 Å². The van der Waals surface area contributed by atoms with E-state index in [0.29, 0.717) is 0 Å². The lowest BCUT2D eigenvalue weighted by Crippen LogP contribution is -2.26. The number of carbonyl (C=O) groups is 2. The number of benzene rings is 2. The summed E-state index contributed by atoms with van der Waals surface area (Å²) in [5, 5.41) is 7.16. The summed E-state index contributed by atoms with van der Waals surface area (Å²) in [5.74, 6) is 0.240. The highest BCUT2D eigenvalue weighted by Crippen LogP contribution is 2.31. The van der Waals surface area contributed by atoms with Crippen LogP contribution in [0, 0.1) is 12.8 Å². The van der Waals surface area contributed by atoms with Gasteiger partial charge in [-0.1, -0.05) is 30.3 Å². The van der Waals surface area contributed by atoms with Gasteiger partial charge in [0.2, 0.25) is 5.91 Å². The van der Waals surface area contributed by atoms with Gasteiger partial charge in [0.25, 0.3) is 5.91 Å². The Labute approximate surface area is 162 Å². The molecule has 1 aliphatic carbocycles. The normalized spacial score (nSPS) is 14.7. The van der Waals surface area contributed by atoms with Crippen molar-refractivity contribution in [3.63, 3.8) is 0 Å². The van der Waals surface area contributed by atoms with Crippen LogP contribution in [-0.4, -0.2) is 11.8 Å². The lowest BCUT2D eigenvalue weighted by atomic mass is 10.1. The summed E-state index contributed by atoms with van der Waals surface area (Å²) in [6.45, 7) is 3.97. The minimum atomic E-state index is -0.115. The zero-order chi connectivity index (χ0) is 19.0. The summed E-state index contributed by atoms with van der Waals surface area (Å²) in [5.41, 5.74) is 2.83. The number of thiophene rings is 1. The minimum absolute atomic E-state index is 0.0488. The van der Waals surface area contributed by atoms with Crippen molar-refractivity contribution in [2.45, 2.75) is 32.7 Å². The quantitative estimate of drug-likeness (QED) is 0.653. The Morgan fingerprint density at radius 1 is 1.07 bits per heavy atom. The molecule has 5 heteroatoms. The first kappa shape index (κ1) is 17.7. The molecular weight excluding hydrogens is 356 g/mol. The number of nitrogens with one attached hydrogen (secondary N) is 2. The van der Waals surface area contributed by atoms with Crippen LogP contribution in [0.3, 0.4) is 0 Å². The summed E-state index contributed by atoms with van der Waals surface area (Å²) < 4.78 is 1.13. The first-order chi connectivity index (χ1) is 13.0. The van der Waals surface area contributed by atoms with Gasteiger partial charge < -0.3 is 10.6 Å². The molecule has 2 N–H and O–H groups in total. The summed E-state index contributed by atoms with van der Waals surface area (Å²) in [6, 6.07) is 15.7. The maximum absolute atomic E-state index is 12.8. The average molecular weight is 378 g/mol. The standard InChI is InChI=1S/C22H22N2O2S/c1-13-18-5-3-4-6-19(18)27-20(13)22(26)23-14(2)15-9-11-17(12-10-15)24-21(25)16-7-8-16/h3-6,9-12,14,16H,7-8H2,1-2H3,(H,23,26)(H,24,25). The number of amides is 2. The zero-order valence-electron chi connectivity index (χ0n) is 15.4. The van der Waals surface area contributed by atoms with Crippen LogP contribution >= 0.6 is 11.3 Å². The van der Waals surface area contributed by atoms with Gasteiger partial charge in [0, 0.05) is 16.3 Å². The fourth-order valence-electron chi connectivity index (χ4n) is 3.18. The van der Waals surface area contributed by atoms with Crippen molar-refractivity contribution >= 4 is 38.9 Å². The molecule has 0 bridgehead atoms. The SMILES string of the molecule is Cc1c(C(=O)NC(C)c2ccc(NC(=O)C3CC3)cc2)sc2ccccc12. The van der Waals surface area contributed by atoms with Gasteiger partial charge in [-0.05, 0) is 61.4 Å². The fourth-order valence-corrected chi connectivity index (χ4v) is 4.29. The van der Waals surface area contributed by atoms with Crippen molar-refractivity contribution in [1.82, 2.24) is 5.32 Å². The van der Waals surface area contributed by atoms with Crippen molar-refractivity contribution in [2.75, 3.05) is 5.32 Å². The number of aryl methyl sites for hydroxylation is 1. The van der Waals surface area contributed by atoms with Crippen molar-refractivity contribution in [2.24, 2.45) is 5.92 Å². The van der Waals surface area contributed by atoms with E-state index in [2.05, 4.69) is 16.7 Å². The second kappa shape index (κ2) is 7.16. The third-order valence-electron chi connectivity index (χ3n) is 5.02. The summed E-state index contributed by atoms with van der Waals surface area (Å²) in [4.78, 5) is 25.4. The molecule has 2 aromatic carbocycles. The Morgan fingerprint density at radius 2 is 1.78 bits per heavy atom. The van der Waals surface area contributed by atoms with Gasteiger partial charge >= 0.3 is 0 Å². The van der Waals surface area contributed by atoms with Crippen LogP contribution in [0.2, 0.25) is 0 Å². The topological polar surface area (TPSA) is 58.2 Å². The average Bonchev–Trinajstić information content (AvgIpc) is 3.47. The van der Waals surface area contributed by atoms with E-state index in [0.717, 1.165) is 44.6 Å². The fraction of sp³-hybridized carbons (Fsp3) is 0.273. The molecule has 0 spiro atoms. The molecule has 1 saturated carbocycles. The molecule has 1 heterocycles. The minimum Gasteiger partial charge on any atom is -0.345 e. The van der Waals surface area contributed by atoms with Crippen LogP contribution in [0.5, 0.6) is 0 Å². The summed E-state index contributed by atoms with van der Waals surface area (Å²) in [7, 11) is 0. The van der Waals surface area contributed by atoms with Crippen LogP contribution in [0.25, 0.3) is 10.1 Å². The van der Waals surface area contributed by atoms with Crippen molar-refractivity contribution in [1.29, 1.82) is 0 Å². The van der Waals surface area contributed by atoms with Crippen LogP contribution in [0.4, 0.5) is 5.69 Å². The summed E-state index contributed by atoms with van der Waals surface area (Å²) >= 11 is 1.53. The first-order valence-electron chi connectivity index (χ1n) is 9.23. The van der Waals surface area contributed by atoms with Crippen LogP contribution in [-0.2, 0) is 4.79 Å². The summed E-state index contributed by atoms with van der Waals surface area (Å²) in [6.07, 6.45) is 1.98. The van der Waals surface area contributed by atoms with E-state index < -0.39 is 0 Å².